The van der Waals surface area contributed by atoms with Crippen molar-refractivity contribution in [3.63, 3.8) is 0 Å². The van der Waals surface area contributed by atoms with Gasteiger partial charge in [0.25, 0.3) is 0 Å². The summed E-state index contributed by atoms with van der Waals surface area (Å²) in [5.41, 5.74) is 7.72. The number of halogens is 2. The molecule has 0 spiro atoms. The molecular formula is C15H22ClFN2. The van der Waals surface area contributed by atoms with Crippen LogP contribution in [0.4, 0.5) is 15.8 Å². The van der Waals surface area contributed by atoms with Gasteiger partial charge >= 0.3 is 0 Å². The van der Waals surface area contributed by atoms with E-state index in [0.29, 0.717) is 11.1 Å². The predicted molar refractivity (Wildman–Crippen MR) is 80.3 cm³/mol. The van der Waals surface area contributed by atoms with E-state index in [4.69, 9.17) is 17.3 Å². The first-order valence-corrected chi connectivity index (χ1v) is 7.38. The fourth-order valence-electron chi connectivity index (χ4n) is 3.00. The van der Waals surface area contributed by atoms with E-state index in [9.17, 15) is 4.39 Å². The molecule has 0 saturated carbocycles. The highest BCUT2D eigenvalue weighted by Crippen LogP contribution is 2.40. The van der Waals surface area contributed by atoms with Crippen LogP contribution in [0.1, 0.15) is 39.5 Å². The van der Waals surface area contributed by atoms with Crippen LogP contribution < -0.4 is 10.6 Å². The van der Waals surface area contributed by atoms with Crippen LogP contribution in [0.2, 0.25) is 5.02 Å². The first-order chi connectivity index (χ1) is 9.01. The van der Waals surface area contributed by atoms with Gasteiger partial charge in [-0.3, -0.25) is 0 Å². The molecule has 0 aliphatic carbocycles. The smallest absolute Gasteiger partial charge is 0.143 e. The van der Waals surface area contributed by atoms with E-state index < -0.39 is 5.82 Å². The molecule has 1 aliphatic rings. The van der Waals surface area contributed by atoms with Crippen molar-refractivity contribution in [2.24, 2.45) is 5.41 Å². The Morgan fingerprint density at radius 2 is 1.84 bits per heavy atom. The monoisotopic (exact) mass is 284 g/mol. The van der Waals surface area contributed by atoms with Crippen molar-refractivity contribution in [3.05, 3.63) is 23.0 Å². The normalized spacial score (nSPS) is 18.6. The lowest BCUT2D eigenvalue weighted by Gasteiger charge is -2.42. The minimum absolute atomic E-state index is 0.145. The molecule has 0 unspecified atom stereocenters. The van der Waals surface area contributed by atoms with Crippen LogP contribution in [0, 0.1) is 11.2 Å². The molecule has 0 amide bonds. The molecule has 1 saturated heterocycles. The minimum atomic E-state index is -0.448. The molecule has 2 rings (SSSR count). The SMILES string of the molecule is CCC1(CC)CCN(c2cc(Cl)c(F)cc2N)CC1. The van der Waals surface area contributed by atoms with Crippen LogP contribution in [-0.2, 0) is 0 Å². The highest BCUT2D eigenvalue weighted by atomic mass is 35.5. The fraction of sp³-hybridized carbons (Fsp3) is 0.600. The summed E-state index contributed by atoms with van der Waals surface area (Å²) in [6.07, 6.45) is 4.76. The summed E-state index contributed by atoms with van der Waals surface area (Å²) in [5.74, 6) is -0.448. The summed E-state index contributed by atoms with van der Waals surface area (Å²) >= 11 is 5.86. The first-order valence-electron chi connectivity index (χ1n) is 7.01. The molecule has 2 N–H and O–H groups in total. The van der Waals surface area contributed by atoms with E-state index >= 15 is 0 Å². The largest absolute Gasteiger partial charge is 0.397 e. The zero-order valence-electron chi connectivity index (χ0n) is 11.7. The molecule has 2 nitrogen and oxygen atoms in total. The van der Waals surface area contributed by atoms with Gasteiger partial charge in [0, 0.05) is 19.2 Å². The summed E-state index contributed by atoms with van der Waals surface area (Å²) in [4.78, 5) is 2.23. The van der Waals surface area contributed by atoms with Crippen molar-refractivity contribution in [1.29, 1.82) is 0 Å². The molecule has 1 aromatic rings. The van der Waals surface area contributed by atoms with Crippen molar-refractivity contribution in [1.82, 2.24) is 0 Å². The Bertz CT molecular complexity index is 448. The highest BCUT2D eigenvalue weighted by Gasteiger charge is 2.31. The zero-order chi connectivity index (χ0) is 14.0. The third-order valence-electron chi connectivity index (χ3n) is 4.73. The summed E-state index contributed by atoms with van der Waals surface area (Å²) < 4.78 is 13.3. The van der Waals surface area contributed by atoms with Gasteiger partial charge in [-0.15, -0.1) is 0 Å². The lowest BCUT2D eigenvalue weighted by molar-refractivity contribution is 0.199. The van der Waals surface area contributed by atoms with E-state index in [1.165, 1.54) is 18.9 Å². The topological polar surface area (TPSA) is 29.3 Å². The summed E-state index contributed by atoms with van der Waals surface area (Å²) in [5, 5.41) is 0.145. The van der Waals surface area contributed by atoms with E-state index in [1.807, 2.05) is 0 Å². The van der Waals surface area contributed by atoms with E-state index in [2.05, 4.69) is 18.7 Å². The van der Waals surface area contributed by atoms with Gasteiger partial charge in [-0.25, -0.2) is 4.39 Å². The molecule has 4 heteroatoms. The standard InChI is InChI=1S/C15H22ClFN2/c1-3-15(4-2)5-7-19(8-6-15)14-9-11(16)12(17)10-13(14)18/h9-10H,3-8,18H2,1-2H3. The second-order valence-corrected chi connectivity index (χ2v) is 5.93. The van der Waals surface area contributed by atoms with Gasteiger partial charge in [0.15, 0.2) is 0 Å². The second kappa shape index (κ2) is 5.58. The Balaban J connectivity index is 2.16. The Morgan fingerprint density at radius 1 is 1.26 bits per heavy atom. The van der Waals surface area contributed by atoms with Gasteiger partial charge in [-0.2, -0.15) is 0 Å². The van der Waals surface area contributed by atoms with Gasteiger partial charge in [0.2, 0.25) is 0 Å². The van der Waals surface area contributed by atoms with Gasteiger partial charge in [-0.1, -0.05) is 38.3 Å². The maximum atomic E-state index is 13.3. The van der Waals surface area contributed by atoms with Crippen molar-refractivity contribution >= 4 is 23.0 Å². The number of nitrogens with zero attached hydrogens (tertiary/aromatic N) is 1. The van der Waals surface area contributed by atoms with Gasteiger partial charge in [0.1, 0.15) is 5.82 Å². The fourth-order valence-corrected chi connectivity index (χ4v) is 3.16. The maximum Gasteiger partial charge on any atom is 0.143 e. The number of hydrogen-bond acceptors (Lipinski definition) is 2. The van der Waals surface area contributed by atoms with Crippen LogP contribution in [0.3, 0.4) is 0 Å². The summed E-state index contributed by atoms with van der Waals surface area (Å²) in [6, 6.07) is 2.97. The molecule has 19 heavy (non-hydrogen) atoms. The Kier molecular flexibility index (Phi) is 4.24. The number of benzene rings is 1. The second-order valence-electron chi connectivity index (χ2n) is 5.52. The van der Waals surface area contributed by atoms with Crippen molar-refractivity contribution < 1.29 is 4.39 Å². The molecule has 0 atom stereocenters. The van der Waals surface area contributed by atoms with E-state index in [-0.39, 0.29) is 5.02 Å². The number of piperidine rings is 1. The molecular weight excluding hydrogens is 263 g/mol. The Morgan fingerprint density at radius 3 is 2.37 bits per heavy atom. The lowest BCUT2D eigenvalue weighted by Crippen LogP contribution is -2.40. The van der Waals surface area contributed by atoms with Crippen LogP contribution >= 0.6 is 11.6 Å². The molecule has 1 aromatic carbocycles. The average Bonchev–Trinajstić information content (AvgIpc) is 2.43. The van der Waals surface area contributed by atoms with Crippen molar-refractivity contribution in [2.45, 2.75) is 39.5 Å². The molecule has 0 bridgehead atoms. The third kappa shape index (κ3) is 2.81. The predicted octanol–water partition coefficient (Wildman–Crippen LogP) is 4.47. The molecule has 1 aliphatic heterocycles. The summed E-state index contributed by atoms with van der Waals surface area (Å²) in [7, 11) is 0. The molecule has 0 aromatic heterocycles. The lowest BCUT2D eigenvalue weighted by atomic mass is 9.74. The molecule has 106 valence electrons. The van der Waals surface area contributed by atoms with Crippen molar-refractivity contribution in [3.8, 4) is 0 Å². The third-order valence-corrected chi connectivity index (χ3v) is 5.02. The van der Waals surface area contributed by atoms with E-state index in [0.717, 1.165) is 31.6 Å². The number of rotatable bonds is 3. The molecule has 1 heterocycles. The number of hydrogen-bond donors (Lipinski definition) is 1. The van der Waals surface area contributed by atoms with Crippen LogP contribution in [0.25, 0.3) is 0 Å². The highest BCUT2D eigenvalue weighted by molar-refractivity contribution is 6.31. The summed E-state index contributed by atoms with van der Waals surface area (Å²) in [6.45, 7) is 6.46. The van der Waals surface area contributed by atoms with Gasteiger partial charge in [-0.05, 0) is 24.3 Å². The van der Waals surface area contributed by atoms with Gasteiger partial charge in [0.05, 0.1) is 16.4 Å². The quantitative estimate of drug-likeness (QED) is 0.830. The maximum absolute atomic E-state index is 13.3. The number of anilines is 2. The first kappa shape index (κ1) is 14.4. The van der Waals surface area contributed by atoms with Crippen LogP contribution in [0.15, 0.2) is 12.1 Å². The minimum Gasteiger partial charge on any atom is -0.397 e. The Labute approximate surface area is 119 Å². The van der Waals surface area contributed by atoms with Crippen LogP contribution in [0.5, 0.6) is 0 Å². The molecule has 1 fully saturated rings. The average molecular weight is 285 g/mol. The molecule has 0 radical (unpaired) electrons. The number of nitrogen functional groups attached to an aromatic ring is 1. The zero-order valence-corrected chi connectivity index (χ0v) is 12.4. The van der Waals surface area contributed by atoms with Crippen LogP contribution in [-0.4, -0.2) is 13.1 Å². The number of nitrogens with two attached hydrogens (primary N) is 1. The van der Waals surface area contributed by atoms with Crippen molar-refractivity contribution in [2.75, 3.05) is 23.7 Å². The Hall–Kier alpha value is -0.960. The van der Waals surface area contributed by atoms with Gasteiger partial charge < -0.3 is 10.6 Å². The van der Waals surface area contributed by atoms with E-state index in [1.54, 1.807) is 6.07 Å².